The molecule has 0 spiro atoms. The molecule has 0 aliphatic rings. The third kappa shape index (κ3) is 5.51. The van der Waals surface area contributed by atoms with E-state index in [1.807, 2.05) is 27.7 Å². The van der Waals surface area contributed by atoms with E-state index >= 15 is 0 Å². The molecule has 0 aliphatic carbocycles. The summed E-state index contributed by atoms with van der Waals surface area (Å²) in [6, 6.07) is 1.72. The quantitative estimate of drug-likeness (QED) is 0.811. The van der Waals surface area contributed by atoms with Crippen LogP contribution in [0.2, 0.25) is 0 Å². The van der Waals surface area contributed by atoms with Gasteiger partial charge in [0.05, 0.1) is 3.79 Å². The molecule has 0 aromatic carbocycles. The molecule has 0 atom stereocenters. The molecule has 1 aromatic heterocycles. The third-order valence-corrected chi connectivity index (χ3v) is 5.99. The van der Waals surface area contributed by atoms with Crippen LogP contribution in [0.5, 0.6) is 0 Å². The van der Waals surface area contributed by atoms with Crippen LogP contribution in [0.15, 0.2) is 14.7 Å². The first-order valence-electron chi connectivity index (χ1n) is 6.14. The van der Waals surface area contributed by atoms with Crippen molar-refractivity contribution in [2.75, 3.05) is 13.1 Å². The molecule has 1 heterocycles. The number of sulfonamides is 1. The second kappa shape index (κ2) is 6.67. The molecular formula is C12H21BrN2O2S2. The van der Waals surface area contributed by atoms with Crippen molar-refractivity contribution >= 4 is 37.3 Å². The Kier molecular flexibility index (Phi) is 6.00. The van der Waals surface area contributed by atoms with E-state index in [2.05, 4.69) is 26.0 Å². The van der Waals surface area contributed by atoms with Gasteiger partial charge in [0.1, 0.15) is 4.90 Å². The van der Waals surface area contributed by atoms with E-state index in [0.29, 0.717) is 21.8 Å². The lowest BCUT2D eigenvalue weighted by atomic mass is 9.98. The van der Waals surface area contributed by atoms with Crippen LogP contribution >= 0.6 is 27.3 Å². The molecule has 7 heteroatoms. The standard InChI is InChI=1S/C12H21BrN2O2S2/c1-5-14-7-9-6-10(11(13)18-9)19(16,17)15-8-12(2,3)4/h6,14-15H,5,7-8H2,1-4H3. The summed E-state index contributed by atoms with van der Waals surface area (Å²) < 4.78 is 27.8. The van der Waals surface area contributed by atoms with Gasteiger partial charge in [0, 0.05) is 18.0 Å². The van der Waals surface area contributed by atoms with E-state index in [9.17, 15) is 8.42 Å². The maximum atomic E-state index is 12.2. The molecule has 0 amide bonds. The van der Waals surface area contributed by atoms with Crippen LogP contribution in [-0.2, 0) is 16.6 Å². The molecule has 1 rings (SSSR count). The van der Waals surface area contributed by atoms with Gasteiger partial charge < -0.3 is 5.32 Å². The van der Waals surface area contributed by atoms with Crippen LogP contribution in [0, 0.1) is 5.41 Å². The van der Waals surface area contributed by atoms with E-state index in [0.717, 1.165) is 11.4 Å². The minimum Gasteiger partial charge on any atom is -0.312 e. The Hall–Kier alpha value is 0.0500. The highest BCUT2D eigenvalue weighted by Crippen LogP contribution is 2.31. The summed E-state index contributed by atoms with van der Waals surface area (Å²) in [7, 11) is -3.44. The van der Waals surface area contributed by atoms with Gasteiger partial charge in [-0.1, -0.05) is 27.7 Å². The maximum Gasteiger partial charge on any atom is 0.242 e. The number of hydrogen-bond acceptors (Lipinski definition) is 4. The second-order valence-electron chi connectivity index (χ2n) is 5.52. The number of nitrogens with one attached hydrogen (secondary N) is 2. The van der Waals surface area contributed by atoms with Crippen molar-refractivity contribution in [3.05, 3.63) is 14.7 Å². The summed E-state index contributed by atoms with van der Waals surface area (Å²) in [6.07, 6.45) is 0. The molecule has 110 valence electrons. The van der Waals surface area contributed by atoms with Crippen molar-refractivity contribution in [3.8, 4) is 0 Å². The Morgan fingerprint density at radius 2 is 2.00 bits per heavy atom. The van der Waals surface area contributed by atoms with Crippen molar-refractivity contribution in [2.24, 2.45) is 5.41 Å². The third-order valence-electron chi connectivity index (χ3n) is 2.34. The highest BCUT2D eigenvalue weighted by Gasteiger charge is 2.22. The Labute approximate surface area is 128 Å². The van der Waals surface area contributed by atoms with Crippen molar-refractivity contribution < 1.29 is 8.42 Å². The number of rotatable bonds is 6. The zero-order valence-corrected chi connectivity index (χ0v) is 14.9. The monoisotopic (exact) mass is 368 g/mol. The van der Waals surface area contributed by atoms with Crippen molar-refractivity contribution in [3.63, 3.8) is 0 Å². The van der Waals surface area contributed by atoms with Gasteiger partial charge >= 0.3 is 0 Å². The molecule has 2 N–H and O–H groups in total. The average Bonchev–Trinajstić information content (AvgIpc) is 2.65. The lowest BCUT2D eigenvalue weighted by molar-refractivity contribution is 0.407. The van der Waals surface area contributed by atoms with Gasteiger partial charge in [-0.3, -0.25) is 0 Å². The van der Waals surface area contributed by atoms with E-state index in [1.165, 1.54) is 11.3 Å². The summed E-state index contributed by atoms with van der Waals surface area (Å²) >= 11 is 4.79. The van der Waals surface area contributed by atoms with Gasteiger partial charge in [-0.2, -0.15) is 0 Å². The Morgan fingerprint density at radius 1 is 1.37 bits per heavy atom. The zero-order valence-electron chi connectivity index (χ0n) is 11.7. The topological polar surface area (TPSA) is 58.2 Å². The predicted molar refractivity (Wildman–Crippen MR) is 84.0 cm³/mol. The predicted octanol–water partition coefficient (Wildman–Crippen LogP) is 2.94. The summed E-state index contributed by atoms with van der Waals surface area (Å²) in [5, 5.41) is 3.19. The molecule has 4 nitrogen and oxygen atoms in total. The van der Waals surface area contributed by atoms with Crippen LogP contribution in [0.3, 0.4) is 0 Å². The first kappa shape index (κ1) is 17.1. The normalized spacial score (nSPS) is 12.9. The van der Waals surface area contributed by atoms with Gasteiger partial charge in [0.15, 0.2) is 0 Å². The molecule has 19 heavy (non-hydrogen) atoms. The largest absolute Gasteiger partial charge is 0.312 e. The highest BCUT2D eigenvalue weighted by atomic mass is 79.9. The molecule has 1 aromatic rings. The number of thiophene rings is 1. The van der Waals surface area contributed by atoms with Crippen molar-refractivity contribution in [1.29, 1.82) is 0 Å². The van der Waals surface area contributed by atoms with Gasteiger partial charge in [-0.05, 0) is 34.0 Å². The van der Waals surface area contributed by atoms with Crippen LogP contribution < -0.4 is 10.0 Å². The van der Waals surface area contributed by atoms with E-state index in [4.69, 9.17) is 0 Å². The minimum absolute atomic E-state index is 0.0812. The smallest absolute Gasteiger partial charge is 0.242 e. The van der Waals surface area contributed by atoms with E-state index in [1.54, 1.807) is 6.07 Å². The fourth-order valence-electron chi connectivity index (χ4n) is 1.31. The van der Waals surface area contributed by atoms with Gasteiger partial charge in [0.2, 0.25) is 10.0 Å². The fourth-order valence-corrected chi connectivity index (χ4v) is 5.24. The van der Waals surface area contributed by atoms with Crippen LogP contribution in [0.4, 0.5) is 0 Å². The maximum absolute atomic E-state index is 12.2. The Morgan fingerprint density at radius 3 is 2.53 bits per heavy atom. The van der Waals surface area contributed by atoms with E-state index < -0.39 is 10.0 Å². The Bertz CT molecular complexity index is 518. The molecule has 0 fully saturated rings. The lowest BCUT2D eigenvalue weighted by Gasteiger charge is -2.18. The average molecular weight is 369 g/mol. The SMILES string of the molecule is CCNCc1cc(S(=O)(=O)NCC(C)(C)C)c(Br)s1. The number of halogens is 1. The number of hydrogen-bond donors (Lipinski definition) is 2. The second-order valence-corrected chi connectivity index (χ2v) is 9.71. The molecule has 0 saturated heterocycles. The Balaban J connectivity index is 2.86. The summed E-state index contributed by atoms with van der Waals surface area (Å²) in [6.45, 7) is 9.97. The van der Waals surface area contributed by atoms with Gasteiger partial charge in [-0.25, -0.2) is 13.1 Å². The first-order chi connectivity index (χ1) is 8.65. The summed E-state index contributed by atoms with van der Waals surface area (Å²) in [5.41, 5.74) is -0.0812. The van der Waals surface area contributed by atoms with E-state index in [-0.39, 0.29) is 5.41 Å². The van der Waals surface area contributed by atoms with Gasteiger partial charge in [-0.15, -0.1) is 11.3 Å². The van der Waals surface area contributed by atoms with Crippen molar-refractivity contribution in [2.45, 2.75) is 39.1 Å². The molecule has 0 saturated carbocycles. The van der Waals surface area contributed by atoms with Crippen LogP contribution in [0.1, 0.15) is 32.6 Å². The lowest BCUT2D eigenvalue weighted by Crippen LogP contribution is -2.32. The first-order valence-corrected chi connectivity index (χ1v) is 9.23. The molecule has 0 unspecified atom stereocenters. The minimum atomic E-state index is -3.44. The van der Waals surface area contributed by atoms with Crippen molar-refractivity contribution in [1.82, 2.24) is 10.0 Å². The van der Waals surface area contributed by atoms with Gasteiger partial charge in [0.25, 0.3) is 0 Å². The highest BCUT2D eigenvalue weighted by molar-refractivity contribution is 9.11. The van der Waals surface area contributed by atoms with Crippen LogP contribution in [0.25, 0.3) is 0 Å². The summed E-state index contributed by atoms with van der Waals surface area (Å²) in [5.74, 6) is 0. The molecular weight excluding hydrogens is 348 g/mol. The fraction of sp³-hybridized carbons (Fsp3) is 0.667. The molecule has 0 aliphatic heterocycles. The van der Waals surface area contributed by atoms with Crippen LogP contribution in [-0.4, -0.2) is 21.5 Å². The molecule has 0 bridgehead atoms. The molecule has 0 radical (unpaired) electrons. The zero-order chi connectivity index (χ0) is 14.7. The summed E-state index contributed by atoms with van der Waals surface area (Å²) in [4.78, 5) is 1.33.